The first-order valence-electron chi connectivity index (χ1n) is 6.70. The first kappa shape index (κ1) is 16.9. The number of hydrogen-bond donors (Lipinski definition) is 1. The molecule has 0 radical (unpaired) electrons. The lowest BCUT2D eigenvalue weighted by Gasteiger charge is -2.13. The van der Waals surface area contributed by atoms with Crippen LogP contribution in [0, 0.1) is 5.82 Å². The van der Waals surface area contributed by atoms with Crippen LogP contribution < -0.4 is 0 Å². The van der Waals surface area contributed by atoms with E-state index in [0.717, 1.165) is 0 Å². The molecule has 114 valence electrons. The second kappa shape index (κ2) is 7.57. The molecular weight excluding hydrogens is 273 g/mol. The number of carbonyl (C=O) groups excluding carboxylic acids is 1. The molecule has 0 amide bonds. The number of nitrogens with zero attached hydrogens (tertiary/aromatic N) is 1. The maximum absolute atomic E-state index is 14.4. The first-order valence-corrected chi connectivity index (χ1v) is 6.70. The van der Waals surface area contributed by atoms with Gasteiger partial charge >= 0.3 is 5.97 Å². The molecule has 1 aromatic carbocycles. The predicted octanol–water partition coefficient (Wildman–Crippen LogP) is 2.59. The van der Waals surface area contributed by atoms with Gasteiger partial charge in [-0.25, -0.2) is 4.39 Å². The van der Waals surface area contributed by atoms with E-state index in [0.29, 0.717) is 11.1 Å². The number of ketones is 1. The van der Waals surface area contributed by atoms with Crippen LogP contribution in [0.1, 0.15) is 30.4 Å². The van der Waals surface area contributed by atoms with Gasteiger partial charge in [0.25, 0.3) is 0 Å². The Kier molecular flexibility index (Phi) is 6.09. The van der Waals surface area contributed by atoms with E-state index in [4.69, 9.17) is 5.11 Å². The van der Waals surface area contributed by atoms with Gasteiger partial charge in [0.05, 0.1) is 0 Å². The van der Waals surface area contributed by atoms with Gasteiger partial charge < -0.3 is 10.0 Å². The Balaban J connectivity index is 2.94. The number of aliphatic carboxylic acids is 1. The Hall–Kier alpha value is -2.17. The number of rotatable bonds is 7. The van der Waals surface area contributed by atoms with Gasteiger partial charge in [-0.2, -0.15) is 0 Å². The summed E-state index contributed by atoms with van der Waals surface area (Å²) in [4.78, 5) is 24.3. The molecule has 0 aliphatic rings. The lowest BCUT2D eigenvalue weighted by atomic mass is 9.93. The highest BCUT2D eigenvalue weighted by molar-refractivity contribution is 5.95. The summed E-state index contributed by atoms with van der Waals surface area (Å²) in [6, 6.07) is 4.76. The summed E-state index contributed by atoms with van der Waals surface area (Å²) in [7, 11) is 3.59. The van der Waals surface area contributed by atoms with E-state index >= 15 is 0 Å². The van der Waals surface area contributed by atoms with Crippen LogP contribution in [0.25, 0.3) is 0 Å². The van der Waals surface area contributed by atoms with Gasteiger partial charge in [0.2, 0.25) is 0 Å². The molecule has 0 aliphatic heterocycles. The molecule has 0 saturated carbocycles. The van der Waals surface area contributed by atoms with E-state index in [1.54, 1.807) is 50.3 Å². The van der Waals surface area contributed by atoms with Gasteiger partial charge in [0, 0.05) is 32.6 Å². The molecule has 0 saturated heterocycles. The molecule has 1 N–H and O–H groups in total. The summed E-state index contributed by atoms with van der Waals surface area (Å²) < 4.78 is 14.4. The molecule has 0 bridgehead atoms. The Morgan fingerprint density at radius 2 is 2.05 bits per heavy atom. The first-order chi connectivity index (χ1) is 9.82. The minimum absolute atomic E-state index is 0.115. The van der Waals surface area contributed by atoms with Gasteiger partial charge in [-0.3, -0.25) is 9.59 Å². The van der Waals surface area contributed by atoms with Crippen LogP contribution in [0.15, 0.2) is 30.5 Å². The lowest BCUT2D eigenvalue weighted by Crippen LogP contribution is -2.11. The van der Waals surface area contributed by atoms with Crippen LogP contribution in [0.3, 0.4) is 0 Å². The molecule has 0 aromatic heterocycles. The zero-order chi connectivity index (χ0) is 16.0. The minimum atomic E-state index is -0.974. The number of benzene rings is 1. The molecule has 0 spiro atoms. The number of carboxylic acid groups (broad SMARTS) is 1. The quantitative estimate of drug-likeness (QED) is 0.785. The molecule has 1 unspecified atom stereocenters. The number of aryl methyl sites for hydroxylation is 1. The molecule has 1 aromatic rings. The smallest absolute Gasteiger partial charge is 0.303 e. The molecule has 1 rings (SSSR count). The monoisotopic (exact) mass is 293 g/mol. The maximum atomic E-state index is 14.4. The van der Waals surface area contributed by atoms with Crippen LogP contribution in [-0.4, -0.2) is 35.9 Å². The fraction of sp³-hybridized carbons (Fsp3) is 0.375. The Morgan fingerprint density at radius 1 is 1.38 bits per heavy atom. The molecule has 0 aliphatic carbocycles. The van der Waals surface area contributed by atoms with Crippen molar-refractivity contribution in [1.82, 2.24) is 4.90 Å². The number of halogens is 1. The largest absolute Gasteiger partial charge is 0.481 e. The van der Waals surface area contributed by atoms with Gasteiger partial charge in [0.15, 0.2) is 5.78 Å². The van der Waals surface area contributed by atoms with Crippen LogP contribution in [0.4, 0.5) is 4.39 Å². The average Bonchev–Trinajstić information content (AvgIpc) is 2.42. The third-order valence-electron chi connectivity index (χ3n) is 3.15. The van der Waals surface area contributed by atoms with Gasteiger partial charge in [-0.05, 0) is 23.6 Å². The minimum Gasteiger partial charge on any atom is -0.481 e. The summed E-state index contributed by atoms with van der Waals surface area (Å²) in [5.74, 6) is -2.26. The summed E-state index contributed by atoms with van der Waals surface area (Å²) in [6.07, 6.45) is 3.01. The molecule has 4 nitrogen and oxygen atoms in total. The van der Waals surface area contributed by atoms with Gasteiger partial charge in [-0.1, -0.05) is 25.1 Å². The van der Waals surface area contributed by atoms with Crippen LogP contribution in [0.5, 0.6) is 0 Å². The third-order valence-corrected chi connectivity index (χ3v) is 3.15. The van der Waals surface area contributed by atoms with Crippen molar-refractivity contribution in [2.24, 2.45) is 0 Å². The van der Waals surface area contributed by atoms with Crippen molar-refractivity contribution in [3.63, 3.8) is 0 Å². The molecule has 0 heterocycles. The second-order valence-electron chi connectivity index (χ2n) is 5.12. The van der Waals surface area contributed by atoms with E-state index in [-0.39, 0.29) is 18.6 Å². The summed E-state index contributed by atoms with van der Waals surface area (Å²) in [5.41, 5.74) is 0.623. The normalized spacial score (nSPS) is 12.4. The maximum Gasteiger partial charge on any atom is 0.303 e. The Labute approximate surface area is 123 Å². The highest BCUT2D eigenvalue weighted by Crippen LogP contribution is 2.23. The molecule has 5 heteroatoms. The topological polar surface area (TPSA) is 57.6 Å². The van der Waals surface area contributed by atoms with Crippen molar-refractivity contribution in [3.8, 4) is 0 Å². The van der Waals surface area contributed by atoms with Gasteiger partial charge in [0.1, 0.15) is 5.82 Å². The van der Waals surface area contributed by atoms with E-state index in [9.17, 15) is 14.0 Å². The lowest BCUT2D eigenvalue weighted by molar-refractivity contribution is -0.137. The fourth-order valence-corrected chi connectivity index (χ4v) is 1.89. The predicted molar refractivity (Wildman–Crippen MR) is 78.6 cm³/mol. The van der Waals surface area contributed by atoms with Crippen molar-refractivity contribution in [1.29, 1.82) is 0 Å². The summed E-state index contributed by atoms with van der Waals surface area (Å²) >= 11 is 0. The number of carboxylic acids is 1. The number of hydrogen-bond acceptors (Lipinski definition) is 3. The van der Waals surface area contributed by atoms with Crippen LogP contribution in [0.2, 0.25) is 0 Å². The number of allylic oxidation sites excluding steroid dienone is 1. The van der Waals surface area contributed by atoms with Crippen molar-refractivity contribution in [2.45, 2.75) is 25.7 Å². The fourth-order valence-electron chi connectivity index (χ4n) is 1.89. The highest BCUT2D eigenvalue weighted by Gasteiger charge is 2.19. The zero-order valence-electron chi connectivity index (χ0n) is 12.5. The molecular formula is C16H20FNO3. The molecule has 21 heavy (non-hydrogen) atoms. The van der Waals surface area contributed by atoms with Crippen molar-refractivity contribution >= 4 is 11.8 Å². The SMILES string of the molecule is CC(C(=O)C=CN(C)C)c1cccc(CCC(=O)O)c1F. The van der Waals surface area contributed by atoms with Crippen LogP contribution >= 0.6 is 0 Å². The van der Waals surface area contributed by atoms with E-state index < -0.39 is 17.7 Å². The second-order valence-corrected chi connectivity index (χ2v) is 5.12. The van der Waals surface area contributed by atoms with Crippen molar-refractivity contribution in [3.05, 3.63) is 47.4 Å². The van der Waals surface area contributed by atoms with E-state index in [2.05, 4.69) is 0 Å². The summed E-state index contributed by atoms with van der Waals surface area (Å²) in [5, 5.41) is 8.66. The molecule has 1 atom stereocenters. The van der Waals surface area contributed by atoms with Crippen LogP contribution in [-0.2, 0) is 16.0 Å². The standard InChI is InChI=1S/C16H20FNO3/c1-11(14(19)9-10-18(2)3)13-6-4-5-12(16(13)17)7-8-15(20)21/h4-6,9-11H,7-8H2,1-3H3,(H,20,21). The van der Waals surface area contributed by atoms with Crippen molar-refractivity contribution in [2.75, 3.05) is 14.1 Å². The average molecular weight is 293 g/mol. The highest BCUT2D eigenvalue weighted by atomic mass is 19.1. The van der Waals surface area contributed by atoms with Crippen molar-refractivity contribution < 1.29 is 19.1 Å². The van der Waals surface area contributed by atoms with E-state index in [1.165, 1.54) is 6.08 Å². The Bertz CT molecular complexity index is 552. The van der Waals surface area contributed by atoms with Gasteiger partial charge in [-0.15, -0.1) is 0 Å². The summed E-state index contributed by atoms with van der Waals surface area (Å²) in [6.45, 7) is 1.64. The zero-order valence-corrected chi connectivity index (χ0v) is 12.5. The molecule has 0 fully saturated rings. The third kappa shape index (κ3) is 5.02. The number of carbonyl (C=O) groups is 2. The Morgan fingerprint density at radius 3 is 2.62 bits per heavy atom. The van der Waals surface area contributed by atoms with E-state index in [1.807, 2.05) is 0 Å².